The normalized spacial score (nSPS) is 13.5. The summed E-state index contributed by atoms with van der Waals surface area (Å²) in [6, 6.07) is 3.39. The number of hydrogen-bond acceptors (Lipinski definition) is 3. The highest BCUT2D eigenvalue weighted by molar-refractivity contribution is 5.37. The first kappa shape index (κ1) is 13.5. The standard InChI is InChI=1S/C12H13F3N4/c1-7-5-8(12(13,14)15)3-4-9(7)11(16-2)10-6-17-19-18-10/h3-6,11,16H,1-2H3,(H,17,18,19). The molecular formula is C12H13F3N4. The summed E-state index contributed by atoms with van der Waals surface area (Å²) in [4.78, 5) is 0. The second-order valence-corrected chi connectivity index (χ2v) is 4.19. The molecule has 0 amide bonds. The average molecular weight is 270 g/mol. The van der Waals surface area contributed by atoms with Crippen LogP contribution in [0.1, 0.15) is 28.4 Å². The van der Waals surface area contributed by atoms with Crippen molar-refractivity contribution < 1.29 is 13.2 Å². The van der Waals surface area contributed by atoms with Crippen LogP contribution in [0.25, 0.3) is 0 Å². The van der Waals surface area contributed by atoms with Crippen LogP contribution < -0.4 is 5.32 Å². The van der Waals surface area contributed by atoms with Gasteiger partial charge >= 0.3 is 6.18 Å². The molecule has 1 aromatic carbocycles. The van der Waals surface area contributed by atoms with Crippen LogP contribution in [0.15, 0.2) is 24.4 Å². The quantitative estimate of drug-likeness (QED) is 0.900. The van der Waals surface area contributed by atoms with Gasteiger partial charge in [-0.2, -0.15) is 28.6 Å². The summed E-state index contributed by atoms with van der Waals surface area (Å²) in [6.45, 7) is 1.65. The number of H-pyrrole nitrogens is 1. The Morgan fingerprint density at radius 3 is 2.53 bits per heavy atom. The summed E-state index contributed by atoms with van der Waals surface area (Å²) in [5, 5.41) is 13.2. The average Bonchev–Trinajstić information content (AvgIpc) is 2.84. The zero-order valence-electron chi connectivity index (χ0n) is 10.4. The fourth-order valence-corrected chi connectivity index (χ4v) is 1.99. The largest absolute Gasteiger partial charge is 0.416 e. The van der Waals surface area contributed by atoms with E-state index >= 15 is 0 Å². The lowest BCUT2D eigenvalue weighted by atomic mass is 9.97. The van der Waals surface area contributed by atoms with Crippen LogP contribution in [0.2, 0.25) is 0 Å². The molecule has 0 radical (unpaired) electrons. The fourth-order valence-electron chi connectivity index (χ4n) is 1.99. The van der Waals surface area contributed by atoms with E-state index in [1.54, 1.807) is 14.0 Å². The zero-order valence-corrected chi connectivity index (χ0v) is 10.4. The molecule has 0 saturated carbocycles. The maximum Gasteiger partial charge on any atom is 0.416 e. The van der Waals surface area contributed by atoms with Crippen LogP contribution in [0, 0.1) is 6.92 Å². The Hall–Kier alpha value is -1.89. The first-order valence-corrected chi connectivity index (χ1v) is 5.64. The molecule has 102 valence electrons. The van der Waals surface area contributed by atoms with Gasteiger partial charge in [-0.25, -0.2) is 0 Å². The van der Waals surface area contributed by atoms with Gasteiger partial charge in [0, 0.05) is 0 Å². The van der Waals surface area contributed by atoms with Crippen molar-refractivity contribution in [3.05, 3.63) is 46.8 Å². The molecule has 1 aromatic heterocycles. The van der Waals surface area contributed by atoms with E-state index in [0.29, 0.717) is 11.3 Å². The highest BCUT2D eigenvalue weighted by Crippen LogP contribution is 2.32. The second kappa shape index (κ2) is 5.00. The van der Waals surface area contributed by atoms with Crippen LogP contribution in [0.3, 0.4) is 0 Å². The molecule has 0 aliphatic heterocycles. The summed E-state index contributed by atoms with van der Waals surface area (Å²) in [5.41, 5.74) is 1.27. The minimum Gasteiger partial charge on any atom is -0.308 e. The van der Waals surface area contributed by atoms with Crippen molar-refractivity contribution in [1.29, 1.82) is 0 Å². The van der Waals surface area contributed by atoms with E-state index in [1.165, 1.54) is 12.3 Å². The van der Waals surface area contributed by atoms with Gasteiger partial charge in [-0.05, 0) is 37.2 Å². The first-order valence-electron chi connectivity index (χ1n) is 5.64. The smallest absolute Gasteiger partial charge is 0.308 e. The van der Waals surface area contributed by atoms with E-state index in [-0.39, 0.29) is 6.04 Å². The number of nitrogens with zero attached hydrogens (tertiary/aromatic N) is 2. The number of alkyl halides is 3. The topological polar surface area (TPSA) is 53.6 Å². The summed E-state index contributed by atoms with van der Waals surface area (Å²) in [7, 11) is 1.72. The lowest BCUT2D eigenvalue weighted by molar-refractivity contribution is -0.137. The Balaban J connectivity index is 2.40. The van der Waals surface area contributed by atoms with Crippen molar-refractivity contribution in [2.45, 2.75) is 19.1 Å². The van der Waals surface area contributed by atoms with Crippen molar-refractivity contribution in [2.75, 3.05) is 7.05 Å². The number of nitrogens with one attached hydrogen (secondary N) is 2. The molecule has 0 aliphatic carbocycles. The van der Waals surface area contributed by atoms with Gasteiger partial charge in [0.2, 0.25) is 0 Å². The van der Waals surface area contributed by atoms with Crippen LogP contribution >= 0.6 is 0 Å². The van der Waals surface area contributed by atoms with Crippen molar-refractivity contribution in [1.82, 2.24) is 20.7 Å². The Morgan fingerprint density at radius 2 is 2.05 bits per heavy atom. The van der Waals surface area contributed by atoms with E-state index in [4.69, 9.17) is 0 Å². The molecule has 2 N–H and O–H groups in total. The third-order valence-corrected chi connectivity index (χ3v) is 2.93. The SMILES string of the molecule is CNC(c1cn[nH]n1)c1ccc(C(F)(F)F)cc1C. The molecule has 1 heterocycles. The van der Waals surface area contributed by atoms with Crippen molar-refractivity contribution >= 4 is 0 Å². The minimum absolute atomic E-state index is 0.291. The predicted molar refractivity (Wildman–Crippen MR) is 63.5 cm³/mol. The lowest BCUT2D eigenvalue weighted by Crippen LogP contribution is -2.19. The van der Waals surface area contributed by atoms with E-state index in [2.05, 4.69) is 20.7 Å². The zero-order chi connectivity index (χ0) is 14.0. The molecule has 0 fully saturated rings. The molecule has 0 spiro atoms. The summed E-state index contributed by atoms with van der Waals surface area (Å²) >= 11 is 0. The molecular weight excluding hydrogens is 257 g/mol. The highest BCUT2D eigenvalue weighted by atomic mass is 19.4. The number of benzene rings is 1. The Kier molecular flexibility index (Phi) is 3.57. The van der Waals surface area contributed by atoms with Crippen molar-refractivity contribution in [2.24, 2.45) is 0 Å². The maximum atomic E-state index is 12.6. The second-order valence-electron chi connectivity index (χ2n) is 4.19. The first-order chi connectivity index (χ1) is 8.93. The molecule has 0 bridgehead atoms. The van der Waals surface area contributed by atoms with Crippen LogP contribution in [-0.2, 0) is 6.18 Å². The van der Waals surface area contributed by atoms with Gasteiger partial charge in [-0.15, -0.1) is 0 Å². The van der Waals surface area contributed by atoms with Crippen LogP contribution in [0.4, 0.5) is 13.2 Å². The number of aromatic amines is 1. The number of aromatic nitrogens is 3. The van der Waals surface area contributed by atoms with E-state index in [9.17, 15) is 13.2 Å². The molecule has 0 aliphatic rings. The molecule has 2 aromatic rings. The van der Waals surface area contributed by atoms with Gasteiger partial charge in [0.05, 0.1) is 17.8 Å². The van der Waals surface area contributed by atoms with Crippen molar-refractivity contribution in [3.63, 3.8) is 0 Å². The molecule has 0 saturated heterocycles. The summed E-state index contributed by atoms with van der Waals surface area (Å²) in [6.07, 6.45) is -2.79. The Bertz CT molecular complexity index is 549. The predicted octanol–water partition coefficient (Wildman–Crippen LogP) is 2.44. The van der Waals surface area contributed by atoms with Gasteiger partial charge in [-0.1, -0.05) is 6.07 Å². The number of rotatable bonds is 3. The van der Waals surface area contributed by atoms with Crippen LogP contribution in [-0.4, -0.2) is 22.5 Å². The number of hydrogen-bond donors (Lipinski definition) is 2. The maximum absolute atomic E-state index is 12.6. The number of aryl methyl sites for hydroxylation is 1. The molecule has 1 unspecified atom stereocenters. The monoisotopic (exact) mass is 270 g/mol. The fraction of sp³-hybridized carbons (Fsp3) is 0.333. The Labute approximate surface area is 108 Å². The van der Waals surface area contributed by atoms with Crippen LogP contribution in [0.5, 0.6) is 0 Å². The van der Waals surface area contributed by atoms with Gasteiger partial charge in [-0.3, -0.25) is 0 Å². The molecule has 7 heteroatoms. The van der Waals surface area contributed by atoms with Gasteiger partial charge in [0.1, 0.15) is 5.69 Å². The third-order valence-electron chi connectivity index (χ3n) is 2.93. The highest BCUT2D eigenvalue weighted by Gasteiger charge is 2.31. The summed E-state index contributed by atoms with van der Waals surface area (Å²) < 4.78 is 37.8. The minimum atomic E-state index is -4.33. The van der Waals surface area contributed by atoms with Gasteiger partial charge in [0.25, 0.3) is 0 Å². The number of halogens is 3. The summed E-state index contributed by atoms with van der Waals surface area (Å²) in [5.74, 6) is 0. The van der Waals surface area contributed by atoms with E-state index in [1.807, 2.05) is 0 Å². The van der Waals surface area contributed by atoms with Gasteiger partial charge < -0.3 is 5.32 Å². The molecule has 19 heavy (non-hydrogen) atoms. The Morgan fingerprint density at radius 1 is 1.32 bits per heavy atom. The van der Waals surface area contributed by atoms with E-state index < -0.39 is 11.7 Å². The molecule has 4 nitrogen and oxygen atoms in total. The lowest BCUT2D eigenvalue weighted by Gasteiger charge is -2.18. The van der Waals surface area contributed by atoms with Gasteiger partial charge in [0.15, 0.2) is 0 Å². The molecule has 1 atom stereocenters. The van der Waals surface area contributed by atoms with Crippen molar-refractivity contribution in [3.8, 4) is 0 Å². The molecule has 2 rings (SSSR count). The third kappa shape index (κ3) is 2.76. The van der Waals surface area contributed by atoms with E-state index in [0.717, 1.165) is 17.7 Å².